The summed E-state index contributed by atoms with van der Waals surface area (Å²) in [5.41, 5.74) is 3.81. The zero-order valence-electron chi connectivity index (χ0n) is 17.2. The molecule has 0 aliphatic heterocycles. The van der Waals surface area contributed by atoms with Crippen LogP contribution < -0.4 is 0 Å². The summed E-state index contributed by atoms with van der Waals surface area (Å²) in [5, 5.41) is 23.9. The van der Waals surface area contributed by atoms with Gasteiger partial charge in [-0.25, -0.2) is 0 Å². The summed E-state index contributed by atoms with van der Waals surface area (Å²) in [6.07, 6.45) is 2.88. The third-order valence-electron chi connectivity index (χ3n) is 5.16. The van der Waals surface area contributed by atoms with E-state index >= 15 is 0 Å². The maximum absolute atomic E-state index is 9.01. The van der Waals surface area contributed by atoms with Crippen molar-refractivity contribution in [2.45, 2.75) is 25.9 Å². The van der Waals surface area contributed by atoms with Crippen molar-refractivity contribution in [3.63, 3.8) is 0 Å². The van der Waals surface area contributed by atoms with Crippen molar-refractivity contribution < 1.29 is 4.42 Å². The Morgan fingerprint density at radius 2 is 1.65 bits per heavy atom. The number of nitrogens with zero attached hydrogens (tertiary/aromatic N) is 5. The van der Waals surface area contributed by atoms with E-state index in [1.807, 2.05) is 59.4 Å². The molecule has 0 radical (unpaired) electrons. The summed E-state index contributed by atoms with van der Waals surface area (Å²) in [6.45, 7) is 2.48. The normalized spacial score (nSPS) is 10.9. The molecule has 4 rings (SSSR count). The lowest BCUT2D eigenvalue weighted by atomic mass is 10.1. The number of nitriles is 2. The predicted octanol–water partition coefficient (Wildman–Crippen LogP) is 4.97. The Hall–Kier alpha value is -3.87. The van der Waals surface area contributed by atoms with E-state index in [4.69, 9.17) is 20.0 Å². The minimum Gasteiger partial charge on any atom is -0.454 e. The van der Waals surface area contributed by atoms with Crippen molar-refractivity contribution in [2.24, 2.45) is 0 Å². The van der Waals surface area contributed by atoms with Crippen LogP contribution in [0.15, 0.2) is 71.3 Å². The molecular weight excluding hydrogens is 386 g/mol. The van der Waals surface area contributed by atoms with E-state index in [1.54, 1.807) is 0 Å². The molecule has 0 fully saturated rings. The number of rotatable bonds is 9. The number of benzene rings is 2. The first kappa shape index (κ1) is 20.4. The van der Waals surface area contributed by atoms with Crippen molar-refractivity contribution in [1.82, 2.24) is 14.7 Å². The Morgan fingerprint density at radius 3 is 2.35 bits per heavy atom. The van der Waals surface area contributed by atoms with Gasteiger partial charge in [0.05, 0.1) is 18.7 Å². The van der Waals surface area contributed by atoms with Crippen LogP contribution >= 0.6 is 0 Å². The highest BCUT2D eigenvalue weighted by Crippen LogP contribution is 2.30. The van der Waals surface area contributed by atoms with Gasteiger partial charge in [0, 0.05) is 49.6 Å². The quantitative estimate of drug-likeness (QED) is 0.390. The van der Waals surface area contributed by atoms with Crippen molar-refractivity contribution in [2.75, 3.05) is 13.1 Å². The van der Waals surface area contributed by atoms with E-state index < -0.39 is 0 Å². The van der Waals surface area contributed by atoms with Crippen molar-refractivity contribution in [3.05, 3.63) is 78.0 Å². The summed E-state index contributed by atoms with van der Waals surface area (Å²) < 4.78 is 8.03. The minimum atomic E-state index is 0.420. The average Bonchev–Trinajstić information content (AvgIpc) is 3.40. The van der Waals surface area contributed by atoms with E-state index in [9.17, 15) is 0 Å². The van der Waals surface area contributed by atoms with Crippen LogP contribution in [-0.4, -0.2) is 27.8 Å². The number of hydrogen-bond donors (Lipinski definition) is 0. The van der Waals surface area contributed by atoms with Crippen molar-refractivity contribution >= 4 is 11.0 Å². The summed E-state index contributed by atoms with van der Waals surface area (Å²) in [7, 11) is 0. The molecule has 0 spiro atoms. The highest BCUT2D eigenvalue weighted by molar-refractivity contribution is 5.82. The molecule has 154 valence electrons. The smallest absolute Gasteiger partial charge is 0.156 e. The Bertz CT molecular complexity index is 1180. The third kappa shape index (κ3) is 5.01. The van der Waals surface area contributed by atoms with Crippen LogP contribution in [0, 0.1) is 22.7 Å². The second-order valence-electron chi connectivity index (χ2n) is 7.43. The molecule has 4 aromatic rings. The van der Waals surface area contributed by atoms with Gasteiger partial charge >= 0.3 is 0 Å². The Balaban J connectivity index is 1.68. The molecule has 31 heavy (non-hydrogen) atoms. The lowest BCUT2D eigenvalue weighted by molar-refractivity contribution is 0.278. The summed E-state index contributed by atoms with van der Waals surface area (Å²) in [5.74, 6) is 0.725. The van der Waals surface area contributed by atoms with Crippen LogP contribution in [0.4, 0.5) is 0 Å². The monoisotopic (exact) mass is 409 g/mol. The van der Waals surface area contributed by atoms with Gasteiger partial charge < -0.3 is 4.42 Å². The fourth-order valence-corrected chi connectivity index (χ4v) is 3.66. The maximum Gasteiger partial charge on any atom is 0.156 e. The fourth-order valence-electron chi connectivity index (χ4n) is 3.66. The number of para-hydroxylation sites is 1. The molecule has 0 aliphatic rings. The first-order valence-corrected chi connectivity index (χ1v) is 10.3. The van der Waals surface area contributed by atoms with Gasteiger partial charge in [-0.05, 0) is 17.7 Å². The van der Waals surface area contributed by atoms with Crippen LogP contribution in [0.1, 0.15) is 24.0 Å². The van der Waals surface area contributed by atoms with E-state index in [0.717, 1.165) is 28.0 Å². The molecule has 0 unspecified atom stereocenters. The summed E-state index contributed by atoms with van der Waals surface area (Å²) >= 11 is 0. The topological polar surface area (TPSA) is 81.8 Å². The molecule has 0 amide bonds. The Kier molecular flexibility index (Phi) is 6.42. The molecule has 2 aromatic heterocycles. The van der Waals surface area contributed by atoms with E-state index in [1.165, 1.54) is 5.56 Å². The van der Waals surface area contributed by atoms with Crippen molar-refractivity contribution in [3.8, 4) is 23.6 Å². The van der Waals surface area contributed by atoms with Crippen LogP contribution in [0.5, 0.6) is 0 Å². The van der Waals surface area contributed by atoms with Gasteiger partial charge in [0.15, 0.2) is 5.76 Å². The number of fused-ring (bicyclic) bond motifs is 1. The fraction of sp³-hybridized carbons (Fsp3) is 0.240. The molecule has 0 bridgehead atoms. The van der Waals surface area contributed by atoms with Gasteiger partial charge in [0.1, 0.15) is 11.3 Å². The standard InChI is InChI=1S/C25H23N5O/c26-12-6-14-29(15-7-13-27)18-22-19-30(17-20-8-2-1-3-9-20)28-25(22)24-16-21-10-4-5-11-23(21)31-24/h1-5,8-11,16,19H,6-7,14-15,17-18H2. The SMILES string of the molecule is N#CCCN(CCC#N)Cc1cn(Cc2ccccc2)nc1-c1cc2ccccc2o1. The molecule has 6 heteroatoms. The second kappa shape index (κ2) is 9.75. The molecule has 0 saturated carbocycles. The lowest BCUT2D eigenvalue weighted by Crippen LogP contribution is -2.25. The Labute approximate surface area is 181 Å². The van der Waals surface area contributed by atoms with E-state index in [2.05, 4.69) is 29.2 Å². The van der Waals surface area contributed by atoms with Crippen LogP contribution in [0.3, 0.4) is 0 Å². The summed E-state index contributed by atoms with van der Waals surface area (Å²) in [4.78, 5) is 2.13. The minimum absolute atomic E-state index is 0.420. The molecule has 2 heterocycles. The number of aromatic nitrogens is 2. The molecule has 2 aromatic carbocycles. The van der Waals surface area contributed by atoms with Gasteiger partial charge in [-0.1, -0.05) is 48.5 Å². The number of hydrogen-bond acceptors (Lipinski definition) is 5. The molecule has 6 nitrogen and oxygen atoms in total. The molecule has 0 atom stereocenters. The zero-order valence-corrected chi connectivity index (χ0v) is 17.2. The first-order valence-electron chi connectivity index (χ1n) is 10.3. The predicted molar refractivity (Wildman–Crippen MR) is 119 cm³/mol. The van der Waals surface area contributed by atoms with Crippen molar-refractivity contribution in [1.29, 1.82) is 10.5 Å². The highest BCUT2D eigenvalue weighted by atomic mass is 16.3. The largest absolute Gasteiger partial charge is 0.454 e. The van der Waals surface area contributed by atoms with Crippen LogP contribution in [0.25, 0.3) is 22.4 Å². The summed E-state index contributed by atoms with van der Waals surface area (Å²) in [6, 6.07) is 24.5. The first-order chi connectivity index (χ1) is 15.3. The second-order valence-corrected chi connectivity index (χ2v) is 7.43. The molecule has 0 saturated heterocycles. The number of furan rings is 1. The lowest BCUT2D eigenvalue weighted by Gasteiger charge is -2.19. The van der Waals surface area contributed by atoms with Gasteiger partial charge in [0.2, 0.25) is 0 Å². The molecule has 0 N–H and O–H groups in total. The van der Waals surface area contributed by atoms with Crippen LogP contribution in [0.2, 0.25) is 0 Å². The zero-order chi connectivity index (χ0) is 21.5. The molecule has 0 aliphatic carbocycles. The maximum atomic E-state index is 9.01. The average molecular weight is 409 g/mol. The Morgan fingerprint density at radius 1 is 0.935 bits per heavy atom. The van der Waals surface area contributed by atoms with Crippen LogP contribution in [-0.2, 0) is 13.1 Å². The van der Waals surface area contributed by atoms with Gasteiger partial charge in [-0.2, -0.15) is 15.6 Å². The van der Waals surface area contributed by atoms with Gasteiger partial charge in [0.25, 0.3) is 0 Å². The third-order valence-corrected chi connectivity index (χ3v) is 5.16. The van der Waals surface area contributed by atoms with Gasteiger partial charge in [-0.15, -0.1) is 0 Å². The van der Waals surface area contributed by atoms with Gasteiger partial charge in [-0.3, -0.25) is 9.58 Å². The van der Waals surface area contributed by atoms with E-state index in [0.29, 0.717) is 39.0 Å². The van der Waals surface area contributed by atoms with E-state index in [-0.39, 0.29) is 0 Å². The highest BCUT2D eigenvalue weighted by Gasteiger charge is 2.18. The molecular formula is C25H23N5O.